The summed E-state index contributed by atoms with van der Waals surface area (Å²) < 4.78 is 0. The van der Waals surface area contributed by atoms with Gasteiger partial charge in [-0.15, -0.1) is 0 Å². The Bertz CT molecular complexity index is 1700. The molecular weight excluding hydrogens is 444 g/mol. The summed E-state index contributed by atoms with van der Waals surface area (Å²) in [6, 6.07) is 8.16. The highest BCUT2D eigenvalue weighted by Gasteiger charge is 2.37. The third-order valence-electron chi connectivity index (χ3n) is 6.36. The number of carbonyl (C=O) groups is 4. The molecule has 0 fully saturated rings. The molecule has 0 heterocycles. The lowest BCUT2D eigenvalue weighted by molar-refractivity contribution is -0.130. The molecule has 0 aliphatic heterocycles. The Morgan fingerprint density at radius 2 is 1.09 bits per heavy atom. The number of rotatable bonds is 4. The highest BCUT2D eigenvalue weighted by Crippen LogP contribution is 2.44. The zero-order valence-corrected chi connectivity index (χ0v) is 17.2. The van der Waals surface area contributed by atoms with Gasteiger partial charge in [0.05, 0.1) is 22.4 Å². The van der Waals surface area contributed by atoms with Crippen LogP contribution >= 0.6 is 0 Å². The standard InChI is InChI=1S/C24H16N2O8/c25-24(26)7-14(23(33)34)17-13(22(31)32)5-2-9-8-1-4-11(20(27)28)16-12(21(29)30)6-3-10(15(8)16)19(24)18(9)17/h1-6H,7,25-26H2,(H,27,28)(H,29,30)(H,31,32)(H,33,34). The first kappa shape index (κ1) is 21.3. The van der Waals surface area contributed by atoms with Crippen molar-refractivity contribution >= 4 is 61.8 Å². The van der Waals surface area contributed by atoms with E-state index >= 15 is 0 Å². The monoisotopic (exact) mass is 460 g/mol. The molecule has 0 atom stereocenters. The topological polar surface area (TPSA) is 201 Å². The van der Waals surface area contributed by atoms with Gasteiger partial charge in [-0.3, -0.25) is 0 Å². The lowest BCUT2D eigenvalue weighted by Gasteiger charge is -2.33. The molecule has 0 saturated carbocycles. The van der Waals surface area contributed by atoms with Gasteiger partial charge in [0.25, 0.3) is 0 Å². The molecule has 4 aromatic carbocycles. The van der Waals surface area contributed by atoms with Crippen LogP contribution in [-0.4, -0.2) is 44.3 Å². The molecule has 0 saturated heterocycles. The van der Waals surface area contributed by atoms with Crippen LogP contribution in [0.15, 0.2) is 36.4 Å². The maximum Gasteiger partial charge on any atom is 0.336 e. The van der Waals surface area contributed by atoms with E-state index in [1.165, 1.54) is 36.4 Å². The normalized spacial score (nSPS) is 14.6. The predicted molar refractivity (Wildman–Crippen MR) is 121 cm³/mol. The third kappa shape index (κ3) is 2.63. The molecule has 0 unspecified atom stereocenters. The van der Waals surface area contributed by atoms with Crippen LogP contribution in [0.1, 0.15) is 43.1 Å². The summed E-state index contributed by atoms with van der Waals surface area (Å²) in [7, 11) is 0. The van der Waals surface area contributed by atoms with E-state index < -0.39 is 36.0 Å². The Balaban J connectivity index is 2.22. The molecule has 10 nitrogen and oxygen atoms in total. The number of nitrogens with two attached hydrogens (primary N) is 2. The quantitative estimate of drug-likeness (QED) is 0.148. The van der Waals surface area contributed by atoms with Gasteiger partial charge in [0.1, 0.15) is 0 Å². The van der Waals surface area contributed by atoms with Gasteiger partial charge in [-0.25, -0.2) is 19.2 Å². The van der Waals surface area contributed by atoms with E-state index in [0.717, 1.165) is 0 Å². The smallest absolute Gasteiger partial charge is 0.336 e. The summed E-state index contributed by atoms with van der Waals surface area (Å²) in [5, 5.41) is 40.7. The molecule has 170 valence electrons. The number of carboxylic acid groups (broad SMARTS) is 4. The van der Waals surface area contributed by atoms with Gasteiger partial charge in [0.15, 0.2) is 0 Å². The zero-order valence-electron chi connectivity index (χ0n) is 17.2. The van der Waals surface area contributed by atoms with Crippen molar-refractivity contribution in [1.29, 1.82) is 0 Å². The van der Waals surface area contributed by atoms with Gasteiger partial charge in [0.2, 0.25) is 0 Å². The molecule has 0 spiro atoms. The molecule has 1 aliphatic rings. The van der Waals surface area contributed by atoms with E-state index in [9.17, 15) is 39.6 Å². The highest BCUT2D eigenvalue weighted by atomic mass is 16.4. The van der Waals surface area contributed by atoms with E-state index in [-0.39, 0.29) is 49.2 Å². The lowest BCUT2D eigenvalue weighted by atomic mass is 9.76. The first-order valence-electron chi connectivity index (χ1n) is 9.98. The number of hydrogen-bond donors (Lipinski definition) is 6. The average Bonchev–Trinajstić information content (AvgIpc) is 2.75. The number of aromatic carboxylic acids is 3. The van der Waals surface area contributed by atoms with Gasteiger partial charge in [-0.05, 0) is 45.1 Å². The van der Waals surface area contributed by atoms with Crippen molar-refractivity contribution < 1.29 is 39.6 Å². The Morgan fingerprint density at radius 1 is 0.618 bits per heavy atom. The minimum Gasteiger partial charge on any atom is -0.478 e. The van der Waals surface area contributed by atoms with Crippen LogP contribution in [0, 0.1) is 0 Å². The van der Waals surface area contributed by atoms with E-state index in [1.54, 1.807) is 0 Å². The van der Waals surface area contributed by atoms with Gasteiger partial charge in [-0.2, -0.15) is 0 Å². The molecule has 5 rings (SSSR count). The van der Waals surface area contributed by atoms with Crippen molar-refractivity contribution in [3.63, 3.8) is 0 Å². The second kappa shape index (κ2) is 6.73. The van der Waals surface area contributed by atoms with Crippen molar-refractivity contribution in [2.24, 2.45) is 11.5 Å². The summed E-state index contributed by atoms with van der Waals surface area (Å²) in [5.74, 6) is -5.37. The van der Waals surface area contributed by atoms with Crippen molar-refractivity contribution in [2.45, 2.75) is 12.1 Å². The number of fused-ring (bicyclic) bond motifs is 2. The minimum absolute atomic E-state index is 0.0255. The van der Waals surface area contributed by atoms with Gasteiger partial charge >= 0.3 is 23.9 Å². The Labute approximate surface area is 189 Å². The third-order valence-corrected chi connectivity index (χ3v) is 6.36. The largest absolute Gasteiger partial charge is 0.478 e. The van der Waals surface area contributed by atoms with Crippen LogP contribution in [0.3, 0.4) is 0 Å². The van der Waals surface area contributed by atoms with Gasteiger partial charge in [0, 0.05) is 28.2 Å². The summed E-state index contributed by atoms with van der Waals surface area (Å²) >= 11 is 0. The fourth-order valence-corrected chi connectivity index (χ4v) is 5.13. The first-order valence-corrected chi connectivity index (χ1v) is 9.98. The van der Waals surface area contributed by atoms with Crippen molar-refractivity contribution in [3.8, 4) is 0 Å². The molecule has 1 aliphatic carbocycles. The van der Waals surface area contributed by atoms with Crippen LogP contribution in [0.2, 0.25) is 0 Å². The molecule has 10 heteroatoms. The van der Waals surface area contributed by atoms with Crippen LogP contribution in [0.5, 0.6) is 0 Å². The number of benzene rings is 4. The van der Waals surface area contributed by atoms with E-state index in [4.69, 9.17) is 11.5 Å². The first-order chi connectivity index (χ1) is 16.0. The van der Waals surface area contributed by atoms with E-state index in [0.29, 0.717) is 16.2 Å². The predicted octanol–water partition coefficient (Wildman–Crippen LogP) is 1.67. The minimum atomic E-state index is -1.76. The van der Waals surface area contributed by atoms with Crippen LogP contribution < -0.4 is 16.7 Å². The molecule has 0 radical (unpaired) electrons. The molecule has 8 N–H and O–H groups in total. The summed E-state index contributed by atoms with van der Waals surface area (Å²) in [5.41, 5.74) is 10.3. The molecule has 4 aromatic rings. The van der Waals surface area contributed by atoms with Gasteiger partial charge in [-0.1, -0.05) is 18.2 Å². The van der Waals surface area contributed by atoms with E-state index in [2.05, 4.69) is 0 Å². The van der Waals surface area contributed by atoms with Crippen molar-refractivity contribution in [3.05, 3.63) is 63.9 Å². The summed E-state index contributed by atoms with van der Waals surface area (Å²) in [6.07, 6.45) is -0.398. The van der Waals surface area contributed by atoms with Crippen molar-refractivity contribution in [2.75, 3.05) is 0 Å². The number of hydrogen-bond acceptors (Lipinski definition) is 6. The molecular formula is C24H16N2O8. The SMILES string of the molecule is NC1(N)CC(C(=O)O)=c2c(C(=O)O)ccc3c2c1c1ccc(C(=O)O)c2c(C(=O)O)ccc3c12. The second-order valence-corrected chi connectivity index (χ2v) is 8.27. The molecule has 0 amide bonds. The zero-order chi connectivity index (χ0) is 24.7. The maximum absolute atomic E-state index is 12.1. The van der Waals surface area contributed by atoms with E-state index in [1.807, 2.05) is 0 Å². The maximum atomic E-state index is 12.1. The number of aliphatic carboxylic acids is 1. The summed E-state index contributed by atoms with van der Waals surface area (Å²) in [4.78, 5) is 48.0. The second-order valence-electron chi connectivity index (χ2n) is 8.27. The van der Waals surface area contributed by atoms with Crippen LogP contribution in [0.25, 0.3) is 37.9 Å². The fourth-order valence-electron chi connectivity index (χ4n) is 5.13. The lowest BCUT2D eigenvalue weighted by Crippen LogP contribution is -2.50. The van der Waals surface area contributed by atoms with Crippen LogP contribution in [-0.2, 0) is 10.5 Å². The Kier molecular flexibility index (Phi) is 4.22. The molecule has 0 bridgehead atoms. The van der Waals surface area contributed by atoms with Gasteiger partial charge < -0.3 is 31.9 Å². The fraction of sp³-hybridized carbons (Fsp3) is 0.0833. The Hall–Kier alpha value is -4.54. The summed E-state index contributed by atoms with van der Waals surface area (Å²) in [6.45, 7) is 0. The van der Waals surface area contributed by atoms with Crippen molar-refractivity contribution in [1.82, 2.24) is 0 Å². The average molecular weight is 460 g/mol. The molecule has 34 heavy (non-hydrogen) atoms. The number of carboxylic acids is 4. The van der Waals surface area contributed by atoms with Crippen LogP contribution in [0.4, 0.5) is 0 Å². The Morgan fingerprint density at radius 3 is 1.59 bits per heavy atom. The highest BCUT2D eigenvalue weighted by molar-refractivity contribution is 6.30. The molecule has 0 aromatic heterocycles.